The normalized spacial score (nSPS) is 11.9. The van der Waals surface area contributed by atoms with Crippen LogP contribution < -0.4 is 10.4 Å². The highest BCUT2D eigenvalue weighted by atomic mass is 19.4. The van der Waals surface area contributed by atoms with Crippen molar-refractivity contribution >= 4 is 11.1 Å². The van der Waals surface area contributed by atoms with Crippen molar-refractivity contribution in [3.8, 4) is 11.4 Å². The van der Waals surface area contributed by atoms with Crippen molar-refractivity contribution in [3.63, 3.8) is 0 Å². The zero-order valence-electron chi connectivity index (χ0n) is 14.5. The highest BCUT2D eigenvalue weighted by Gasteiger charge is 2.39. The van der Waals surface area contributed by atoms with Crippen molar-refractivity contribution < 1.29 is 22.3 Å². The Labute approximate surface area is 155 Å². The van der Waals surface area contributed by atoms with Gasteiger partial charge in [-0.05, 0) is 36.4 Å². The van der Waals surface area contributed by atoms with Crippen molar-refractivity contribution in [1.29, 1.82) is 0 Å². The van der Waals surface area contributed by atoms with Crippen LogP contribution in [0.5, 0.6) is 5.75 Å². The summed E-state index contributed by atoms with van der Waals surface area (Å²) in [6, 6.07) is 12.9. The van der Waals surface area contributed by atoms with Crippen LogP contribution in [0.1, 0.15) is 11.7 Å². The summed E-state index contributed by atoms with van der Waals surface area (Å²) < 4.78 is 51.6. The lowest BCUT2D eigenvalue weighted by atomic mass is 10.3. The second kappa shape index (κ2) is 6.55. The Morgan fingerprint density at radius 2 is 1.82 bits per heavy atom. The van der Waals surface area contributed by atoms with E-state index in [0.29, 0.717) is 32.0 Å². The molecule has 28 heavy (non-hydrogen) atoms. The molecule has 0 saturated heterocycles. The third-order valence-corrected chi connectivity index (χ3v) is 3.97. The molecule has 0 amide bonds. The number of ether oxygens (including phenoxy) is 1. The van der Waals surface area contributed by atoms with E-state index in [0.717, 1.165) is 7.05 Å². The molecule has 0 spiro atoms. The molecular formula is C18H13F3N4O3. The number of hydrogen-bond donors (Lipinski definition) is 0. The standard InChI is InChI=1S/C18H13F3N4O3/c1-24-17(26)25(16(23-24)18(19,20)21)11-6-8-12(9-7-11)27-10-15-22-13-4-2-3-5-14(13)28-15/h2-9H,10H2,1H3. The smallest absolute Gasteiger partial charge is 0.452 e. The summed E-state index contributed by atoms with van der Waals surface area (Å²) in [7, 11) is 1.16. The zero-order valence-corrected chi connectivity index (χ0v) is 14.5. The molecule has 0 fully saturated rings. The van der Waals surface area contributed by atoms with Gasteiger partial charge in [0.15, 0.2) is 12.2 Å². The second-order valence-electron chi connectivity index (χ2n) is 5.92. The number of para-hydroxylation sites is 2. The predicted molar refractivity (Wildman–Crippen MR) is 92.1 cm³/mol. The van der Waals surface area contributed by atoms with Gasteiger partial charge in [-0.25, -0.2) is 19.0 Å². The first-order valence-corrected chi connectivity index (χ1v) is 8.14. The Bertz CT molecular complexity index is 1160. The van der Waals surface area contributed by atoms with Crippen LogP contribution in [0.3, 0.4) is 0 Å². The first-order chi connectivity index (χ1) is 13.3. The number of benzene rings is 2. The predicted octanol–water partition coefficient (Wildman–Crippen LogP) is 3.31. The van der Waals surface area contributed by atoms with Crippen molar-refractivity contribution in [2.45, 2.75) is 12.8 Å². The van der Waals surface area contributed by atoms with Gasteiger partial charge in [0, 0.05) is 7.05 Å². The number of fused-ring (bicyclic) bond motifs is 1. The summed E-state index contributed by atoms with van der Waals surface area (Å²) in [5.74, 6) is -0.537. The number of aromatic nitrogens is 4. The SMILES string of the molecule is Cn1nc(C(F)(F)F)n(-c2ccc(OCc3nc4ccccc4o3)cc2)c1=O. The first-order valence-electron chi connectivity index (χ1n) is 8.14. The van der Waals surface area contributed by atoms with Crippen molar-refractivity contribution in [1.82, 2.24) is 19.3 Å². The Morgan fingerprint density at radius 1 is 1.11 bits per heavy atom. The van der Waals surface area contributed by atoms with Crippen LogP contribution >= 0.6 is 0 Å². The van der Waals surface area contributed by atoms with Crippen LogP contribution in [0.2, 0.25) is 0 Å². The number of hydrogen-bond acceptors (Lipinski definition) is 5. The number of alkyl halides is 3. The quantitative estimate of drug-likeness (QED) is 0.535. The fourth-order valence-electron chi connectivity index (χ4n) is 2.70. The molecule has 0 aliphatic carbocycles. The van der Waals surface area contributed by atoms with Crippen LogP contribution in [0.25, 0.3) is 16.8 Å². The molecule has 2 heterocycles. The molecule has 4 aromatic rings. The summed E-state index contributed by atoms with van der Waals surface area (Å²) in [6.45, 7) is 0.0503. The number of aryl methyl sites for hydroxylation is 1. The average Bonchev–Trinajstić information content (AvgIpc) is 3.21. The molecule has 0 atom stereocenters. The Morgan fingerprint density at radius 3 is 2.50 bits per heavy atom. The lowest BCUT2D eigenvalue weighted by Gasteiger charge is -2.09. The second-order valence-corrected chi connectivity index (χ2v) is 5.92. The number of rotatable bonds is 4. The van der Waals surface area contributed by atoms with Gasteiger partial charge in [-0.2, -0.15) is 13.2 Å². The van der Waals surface area contributed by atoms with E-state index in [1.54, 1.807) is 12.1 Å². The lowest BCUT2D eigenvalue weighted by molar-refractivity contribution is -0.146. The molecule has 0 aliphatic heterocycles. The van der Waals surface area contributed by atoms with E-state index in [1.165, 1.54) is 24.3 Å². The van der Waals surface area contributed by atoms with E-state index in [4.69, 9.17) is 9.15 Å². The molecule has 7 nitrogen and oxygen atoms in total. The molecule has 2 aromatic heterocycles. The van der Waals surface area contributed by atoms with Crippen molar-refractivity contribution in [2.75, 3.05) is 0 Å². The van der Waals surface area contributed by atoms with Crippen molar-refractivity contribution in [3.05, 3.63) is 70.7 Å². The monoisotopic (exact) mass is 390 g/mol. The van der Waals surface area contributed by atoms with Gasteiger partial charge in [0.1, 0.15) is 11.3 Å². The topological polar surface area (TPSA) is 75.1 Å². The maximum Gasteiger partial charge on any atom is 0.452 e. The van der Waals surface area contributed by atoms with Crippen LogP contribution in [0.15, 0.2) is 57.7 Å². The molecule has 10 heteroatoms. The van der Waals surface area contributed by atoms with E-state index in [1.807, 2.05) is 12.1 Å². The van der Waals surface area contributed by atoms with Crippen LogP contribution in [-0.4, -0.2) is 19.3 Å². The van der Waals surface area contributed by atoms with Crippen molar-refractivity contribution in [2.24, 2.45) is 7.05 Å². The summed E-state index contributed by atoms with van der Waals surface area (Å²) >= 11 is 0. The summed E-state index contributed by atoms with van der Waals surface area (Å²) in [4.78, 5) is 16.3. The first kappa shape index (κ1) is 17.8. The zero-order chi connectivity index (χ0) is 19.9. The third kappa shape index (κ3) is 3.24. The van der Waals surface area contributed by atoms with Crippen LogP contribution in [-0.2, 0) is 19.8 Å². The Kier molecular flexibility index (Phi) is 4.17. The maximum absolute atomic E-state index is 13.1. The van der Waals surface area contributed by atoms with E-state index in [9.17, 15) is 18.0 Å². The molecule has 144 valence electrons. The number of nitrogens with zero attached hydrogens (tertiary/aromatic N) is 4. The molecule has 2 aromatic carbocycles. The molecule has 0 bridgehead atoms. The summed E-state index contributed by atoms with van der Waals surface area (Å²) in [5, 5.41) is 3.27. The van der Waals surface area contributed by atoms with E-state index >= 15 is 0 Å². The van der Waals surface area contributed by atoms with Gasteiger partial charge >= 0.3 is 11.9 Å². The van der Waals surface area contributed by atoms with E-state index in [2.05, 4.69) is 10.1 Å². The van der Waals surface area contributed by atoms with Gasteiger partial charge in [0.2, 0.25) is 11.7 Å². The fraction of sp³-hybridized carbons (Fsp3) is 0.167. The fourth-order valence-corrected chi connectivity index (χ4v) is 2.70. The van der Waals surface area contributed by atoms with E-state index in [-0.39, 0.29) is 12.3 Å². The molecule has 0 aliphatic rings. The maximum atomic E-state index is 13.1. The van der Waals surface area contributed by atoms with Gasteiger partial charge in [-0.3, -0.25) is 0 Å². The minimum absolute atomic E-state index is 0.0274. The van der Waals surface area contributed by atoms with Gasteiger partial charge < -0.3 is 9.15 Å². The van der Waals surface area contributed by atoms with Crippen LogP contribution in [0.4, 0.5) is 13.2 Å². The lowest BCUT2D eigenvalue weighted by Crippen LogP contribution is -2.24. The van der Waals surface area contributed by atoms with Gasteiger partial charge in [0.25, 0.3) is 0 Å². The Balaban J connectivity index is 1.55. The van der Waals surface area contributed by atoms with Crippen LogP contribution in [0, 0.1) is 0 Å². The van der Waals surface area contributed by atoms with Gasteiger partial charge in [0.05, 0.1) is 5.69 Å². The highest BCUT2D eigenvalue weighted by molar-refractivity contribution is 5.72. The summed E-state index contributed by atoms with van der Waals surface area (Å²) in [6.07, 6.45) is -4.76. The summed E-state index contributed by atoms with van der Waals surface area (Å²) in [5.41, 5.74) is 0.464. The molecule has 0 radical (unpaired) electrons. The number of halogens is 3. The molecule has 0 N–H and O–H groups in total. The largest absolute Gasteiger partial charge is 0.484 e. The van der Waals surface area contributed by atoms with Gasteiger partial charge in [-0.1, -0.05) is 12.1 Å². The average molecular weight is 390 g/mol. The van der Waals surface area contributed by atoms with E-state index < -0.39 is 17.7 Å². The third-order valence-electron chi connectivity index (χ3n) is 3.97. The molecule has 0 saturated carbocycles. The minimum Gasteiger partial charge on any atom is -0.484 e. The molecule has 0 unspecified atom stereocenters. The highest BCUT2D eigenvalue weighted by Crippen LogP contribution is 2.28. The number of oxazole rings is 1. The molecule has 4 rings (SSSR count). The minimum atomic E-state index is -4.76. The van der Waals surface area contributed by atoms with Gasteiger partial charge in [-0.15, -0.1) is 5.10 Å². The molecular weight excluding hydrogens is 377 g/mol. The Hall–Kier alpha value is -3.56.